The first kappa shape index (κ1) is 16.5. The summed E-state index contributed by atoms with van der Waals surface area (Å²) < 4.78 is 10.3. The molecule has 1 fully saturated rings. The predicted molar refractivity (Wildman–Crippen MR) is 87.1 cm³/mol. The lowest BCUT2D eigenvalue weighted by molar-refractivity contribution is 0.0159. The minimum Gasteiger partial charge on any atom is -0.470 e. The Labute approximate surface area is 144 Å². The number of carbonyl (C=O) groups is 2. The molecule has 126 valence electrons. The van der Waals surface area contributed by atoms with Crippen LogP contribution in [0.2, 0.25) is 0 Å². The highest BCUT2D eigenvalue weighted by atomic mass is 16.5. The standard InChI is InChI=1S/C18H15N3O4/c1-24-18(23)13-6-4-12(5-7-13)17(22)21-10-15(11-21)25-16-14(9-19)3-2-8-20-16/h2-8,15H,10-11H2,1H3. The molecule has 1 aliphatic heterocycles. The van der Waals surface area contributed by atoms with E-state index < -0.39 is 5.97 Å². The number of nitrogens with zero attached hydrogens (tertiary/aromatic N) is 3. The molecule has 1 amide bonds. The van der Waals surface area contributed by atoms with Crippen LogP contribution in [0.1, 0.15) is 26.3 Å². The maximum Gasteiger partial charge on any atom is 0.337 e. The zero-order valence-corrected chi connectivity index (χ0v) is 13.5. The van der Waals surface area contributed by atoms with Gasteiger partial charge in [-0.05, 0) is 36.4 Å². The van der Waals surface area contributed by atoms with Gasteiger partial charge in [-0.25, -0.2) is 9.78 Å². The number of carbonyl (C=O) groups excluding carboxylic acids is 2. The summed E-state index contributed by atoms with van der Waals surface area (Å²) in [5, 5.41) is 9.02. The Hall–Kier alpha value is -3.40. The lowest BCUT2D eigenvalue weighted by Gasteiger charge is -2.38. The summed E-state index contributed by atoms with van der Waals surface area (Å²) in [6.07, 6.45) is 1.36. The Balaban J connectivity index is 1.58. The molecule has 1 aliphatic rings. The minimum atomic E-state index is -0.444. The van der Waals surface area contributed by atoms with Gasteiger partial charge in [0.2, 0.25) is 5.88 Å². The number of ether oxygens (including phenoxy) is 2. The van der Waals surface area contributed by atoms with Gasteiger partial charge in [0.05, 0.1) is 25.8 Å². The molecule has 1 saturated heterocycles. The van der Waals surface area contributed by atoms with Crippen molar-refractivity contribution in [1.29, 1.82) is 5.26 Å². The Morgan fingerprint density at radius 3 is 2.52 bits per heavy atom. The average Bonchev–Trinajstić information content (AvgIpc) is 2.63. The third kappa shape index (κ3) is 3.43. The zero-order chi connectivity index (χ0) is 17.8. The van der Waals surface area contributed by atoms with E-state index in [1.807, 2.05) is 6.07 Å². The molecule has 25 heavy (non-hydrogen) atoms. The molecule has 0 atom stereocenters. The topological polar surface area (TPSA) is 92.5 Å². The number of benzene rings is 1. The fraction of sp³-hybridized carbons (Fsp3) is 0.222. The van der Waals surface area contributed by atoms with Crippen LogP contribution >= 0.6 is 0 Å². The van der Waals surface area contributed by atoms with E-state index in [0.29, 0.717) is 29.8 Å². The van der Waals surface area contributed by atoms with Gasteiger partial charge in [-0.15, -0.1) is 0 Å². The first-order valence-electron chi connectivity index (χ1n) is 7.62. The molecule has 0 aliphatic carbocycles. The second-order valence-corrected chi connectivity index (χ2v) is 5.49. The van der Waals surface area contributed by atoms with Crippen molar-refractivity contribution in [1.82, 2.24) is 9.88 Å². The van der Waals surface area contributed by atoms with Gasteiger partial charge in [0.15, 0.2) is 0 Å². The van der Waals surface area contributed by atoms with E-state index in [4.69, 9.17) is 10.00 Å². The molecule has 0 radical (unpaired) electrons. The first-order valence-corrected chi connectivity index (χ1v) is 7.62. The molecule has 0 unspecified atom stereocenters. The molecule has 1 aromatic heterocycles. The molecular formula is C18H15N3O4. The van der Waals surface area contributed by atoms with Gasteiger partial charge in [-0.3, -0.25) is 4.79 Å². The lowest BCUT2D eigenvalue weighted by atomic mass is 10.1. The van der Waals surface area contributed by atoms with Crippen molar-refractivity contribution in [3.05, 3.63) is 59.3 Å². The summed E-state index contributed by atoms with van der Waals surface area (Å²) in [4.78, 5) is 29.5. The highest BCUT2D eigenvalue weighted by Gasteiger charge is 2.33. The number of likely N-dealkylation sites (tertiary alicyclic amines) is 1. The van der Waals surface area contributed by atoms with Gasteiger partial charge in [-0.1, -0.05) is 0 Å². The molecule has 0 bridgehead atoms. The largest absolute Gasteiger partial charge is 0.470 e. The van der Waals surface area contributed by atoms with E-state index in [1.54, 1.807) is 47.5 Å². The molecule has 0 saturated carbocycles. The van der Waals surface area contributed by atoms with E-state index in [-0.39, 0.29) is 17.9 Å². The number of amides is 1. The number of esters is 1. The fourth-order valence-electron chi connectivity index (χ4n) is 2.46. The first-order chi connectivity index (χ1) is 12.1. The minimum absolute atomic E-state index is 0.141. The van der Waals surface area contributed by atoms with Gasteiger partial charge in [0, 0.05) is 11.8 Å². The number of methoxy groups -OCH3 is 1. The van der Waals surface area contributed by atoms with Gasteiger partial charge in [0.1, 0.15) is 17.7 Å². The Morgan fingerprint density at radius 2 is 1.88 bits per heavy atom. The molecule has 2 aromatic rings. The van der Waals surface area contributed by atoms with Crippen LogP contribution < -0.4 is 4.74 Å². The summed E-state index contributed by atoms with van der Waals surface area (Å²) in [6, 6.07) is 11.6. The summed E-state index contributed by atoms with van der Waals surface area (Å²) in [7, 11) is 1.31. The quantitative estimate of drug-likeness (QED) is 0.788. The third-order valence-electron chi connectivity index (χ3n) is 3.86. The maximum atomic E-state index is 12.4. The summed E-state index contributed by atoms with van der Waals surface area (Å²) in [5.41, 5.74) is 1.25. The lowest BCUT2D eigenvalue weighted by Crippen LogP contribution is -2.56. The van der Waals surface area contributed by atoms with Gasteiger partial charge >= 0.3 is 5.97 Å². The van der Waals surface area contributed by atoms with Crippen LogP contribution in [-0.2, 0) is 4.74 Å². The Morgan fingerprint density at radius 1 is 1.20 bits per heavy atom. The van der Waals surface area contributed by atoms with E-state index in [1.165, 1.54) is 7.11 Å². The smallest absolute Gasteiger partial charge is 0.337 e. The molecule has 0 spiro atoms. The van der Waals surface area contributed by atoms with E-state index in [9.17, 15) is 9.59 Å². The van der Waals surface area contributed by atoms with Crippen molar-refractivity contribution in [3.63, 3.8) is 0 Å². The molecule has 7 nitrogen and oxygen atoms in total. The number of aromatic nitrogens is 1. The number of rotatable bonds is 4. The van der Waals surface area contributed by atoms with Gasteiger partial charge in [-0.2, -0.15) is 5.26 Å². The molecule has 3 rings (SSSR count). The van der Waals surface area contributed by atoms with Crippen molar-refractivity contribution < 1.29 is 19.1 Å². The van der Waals surface area contributed by atoms with Gasteiger partial charge in [0.25, 0.3) is 5.91 Å². The summed E-state index contributed by atoms with van der Waals surface area (Å²) >= 11 is 0. The van der Waals surface area contributed by atoms with Crippen LogP contribution in [0.4, 0.5) is 0 Å². The van der Waals surface area contributed by atoms with Crippen molar-refractivity contribution >= 4 is 11.9 Å². The van der Waals surface area contributed by atoms with E-state index in [2.05, 4.69) is 9.72 Å². The van der Waals surface area contributed by atoms with Crippen molar-refractivity contribution in [2.24, 2.45) is 0 Å². The van der Waals surface area contributed by atoms with Crippen molar-refractivity contribution in [2.75, 3.05) is 20.2 Å². The maximum absolute atomic E-state index is 12.4. The molecule has 1 aromatic carbocycles. The molecule has 2 heterocycles. The number of nitriles is 1. The second kappa shape index (κ2) is 7.01. The average molecular weight is 337 g/mol. The Kier molecular flexibility index (Phi) is 4.61. The number of pyridine rings is 1. The summed E-state index contributed by atoms with van der Waals surface area (Å²) in [5.74, 6) is -0.303. The highest BCUT2D eigenvalue weighted by Crippen LogP contribution is 2.21. The van der Waals surface area contributed by atoms with Crippen LogP contribution in [0.3, 0.4) is 0 Å². The SMILES string of the molecule is COC(=O)c1ccc(C(=O)N2CC(Oc3ncccc3C#N)C2)cc1. The van der Waals surface area contributed by atoms with Crippen LogP contribution in [0.5, 0.6) is 5.88 Å². The number of hydrogen-bond donors (Lipinski definition) is 0. The summed E-state index contributed by atoms with van der Waals surface area (Å²) in [6.45, 7) is 0.831. The predicted octanol–water partition coefficient (Wildman–Crippen LogP) is 1.64. The molecular weight excluding hydrogens is 322 g/mol. The second-order valence-electron chi connectivity index (χ2n) is 5.49. The highest BCUT2D eigenvalue weighted by molar-refractivity contribution is 5.96. The van der Waals surface area contributed by atoms with Crippen molar-refractivity contribution in [2.45, 2.75) is 6.10 Å². The van der Waals surface area contributed by atoms with Crippen molar-refractivity contribution in [3.8, 4) is 11.9 Å². The monoisotopic (exact) mass is 337 g/mol. The normalized spacial score (nSPS) is 13.5. The van der Waals surface area contributed by atoms with Crippen LogP contribution in [0.15, 0.2) is 42.6 Å². The Bertz CT molecular complexity index is 836. The van der Waals surface area contributed by atoms with Crippen LogP contribution in [0.25, 0.3) is 0 Å². The third-order valence-corrected chi connectivity index (χ3v) is 3.86. The van der Waals surface area contributed by atoms with E-state index >= 15 is 0 Å². The van der Waals surface area contributed by atoms with Crippen LogP contribution in [0, 0.1) is 11.3 Å². The van der Waals surface area contributed by atoms with Gasteiger partial charge < -0.3 is 14.4 Å². The fourth-order valence-corrected chi connectivity index (χ4v) is 2.46. The van der Waals surface area contributed by atoms with Crippen LogP contribution in [-0.4, -0.2) is 48.1 Å². The van der Waals surface area contributed by atoms with E-state index in [0.717, 1.165) is 0 Å². The molecule has 0 N–H and O–H groups in total. The number of hydrogen-bond acceptors (Lipinski definition) is 6. The zero-order valence-electron chi connectivity index (χ0n) is 13.5. The molecule has 7 heteroatoms.